The third-order valence-electron chi connectivity index (χ3n) is 3.35. The molecule has 0 spiro atoms. The molecule has 1 aromatic carbocycles. The summed E-state index contributed by atoms with van der Waals surface area (Å²) in [6.45, 7) is 0. The van der Waals surface area contributed by atoms with Crippen molar-refractivity contribution in [2.24, 2.45) is 5.10 Å². The van der Waals surface area contributed by atoms with Crippen molar-refractivity contribution in [3.8, 4) is 5.69 Å². The summed E-state index contributed by atoms with van der Waals surface area (Å²) in [6, 6.07) is 13.9. The van der Waals surface area contributed by atoms with Gasteiger partial charge in [-0.3, -0.25) is 5.43 Å². The molecule has 0 saturated carbocycles. The maximum absolute atomic E-state index is 12.5. The van der Waals surface area contributed by atoms with Crippen molar-refractivity contribution in [3.63, 3.8) is 0 Å². The van der Waals surface area contributed by atoms with Crippen molar-refractivity contribution >= 4 is 34.6 Å². The molecule has 128 valence electrons. The Balaban J connectivity index is 1.71. The highest BCUT2D eigenvalue weighted by Crippen LogP contribution is 2.28. The van der Waals surface area contributed by atoms with Crippen molar-refractivity contribution < 1.29 is 13.2 Å². The quantitative estimate of drug-likeness (QED) is 0.344. The zero-order chi connectivity index (χ0) is 17.9. The Bertz CT molecular complexity index is 868. The molecule has 0 atom stereocenters. The third-order valence-corrected chi connectivity index (χ3v) is 4.07. The number of pyridine rings is 1. The molecule has 0 fully saturated rings. The number of hydrazone groups is 1. The number of hydrogen-bond acceptors (Lipinski definition) is 3. The average Bonchev–Trinajstić information content (AvgIpc) is 3.04. The van der Waals surface area contributed by atoms with E-state index in [0.29, 0.717) is 0 Å². The lowest BCUT2D eigenvalue weighted by Crippen LogP contribution is -2.06. The van der Waals surface area contributed by atoms with Crippen LogP contribution in [0.1, 0.15) is 11.3 Å². The van der Waals surface area contributed by atoms with E-state index in [4.69, 9.17) is 0 Å². The first-order valence-electron chi connectivity index (χ1n) is 7.19. The van der Waals surface area contributed by atoms with Crippen molar-refractivity contribution in [3.05, 3.63) is 75.8 Å². The van der Waals surface area contributed by atoms with Crippen LogP contribution in [-0.4, -0.2) is 15.8 Å². The summed E-state index contributed by atoms with van der Waals surface area (Å²) in [4.78, 5) is 3.70. The molecule has 0 aliphatic rings. The number of anilines is 1. The van der Waals surface area contributed by atoms with Gasteiger partial charge in [0.2, 0.25) is 0 Å². The van der Waals surface area contributed by atoms with E-state index in [0.717, 1.165) is 27.2 Å². The fraction of sp³-hybridized carbons (Fsp3) is 0.0588. The molecule has 8 heteroatoms. The molecule has 0 aliphatic heterocycles. The summed E-state index contributed by atoms with van der Waals surface area (Å²) in [5, 5.41) is 4.04. The Morgan fingerprint density at radius 1 is 1.08 bits per heavy atom. The largest absolute Gasteiger partial charge is 0.417 e. The van der Waals surface area contributed by atoms with Crippen LogP contribution in [0.4, 0.5) is 19.0 Å². The van der Waals surface area contributed by atoms with Gasteiger partial charge in [-0.2, -0.15) is 18.3 Å². The number of nitrogens with one attached hydrogen (secondary N) is 1. The van der Waals surface area contributed by atoms with Crippen LogP contribution < -0.4 is 5.43 Å². The van der Waals surface area contributed by atoms with E-state index < -0.39 is 11.7 Å². The second-order valence-electron chi connectivity index (χ2n) is 5.08. The predicted molar refractivity (Wildman–Crippen MR) is 98.9 cm³/mol. The monoisotopic (exact) mass is 456 g/mol. The molecule has 0 unspecified atom stereocenters. The van der Waals surface area contributed by atoms with Crippen molar-refractivity contribution in [2.75, 3.05) is 5.43 Å². The fourth-order valence-electron chi connectivity index (χ4n) is 2.13. The zero-order valence-corrected chi connectivity index (χ0v) is 14.9. The van der Waals surface area contributed by atoms with E-state index in [2.05, 4.69) is 38.1 Å². The maximum atomic E-state index is 12.5. The SMILES string of the molecule is FC(F)(F)c1ccc(N/N=C\c2cccn2-c2ccc(I)cc2)nc1. The molecule has 2 aromatic heterocycles. The summed E-state index contributed by atoms with van der Waals surface area (Å²) in [7, 11) is 0. The van der Waals surface area contributed by atoms with Crippen LogP contribution in [0.3, 0.4) is 0 Å². The van der Waals surface area contributed by atoms with Crippen LogP contribution >= 0.6 is 22.6 Å². The predicted octanol–water partition coefficient (Wildman–Crippen LogP) is 4.94. The topological polar surface area (TPSA) is 42.2 Å². The van der Waals surface area contributed by atoms with E-state index in [-0.39, 0.29) is 5.82 Å². The third kappa shape index (κ3) is 4.38. The second kappa shape index (κ2) is 7.26. The van der Waals surface area contributed by atoms with E-state index >= 15 is 0 Å². The molecule has 2 heterocycles. The number of benzene rings is 1. The highest BCUT2D eigenvalue weighted by atomic mass is 127. The molecule has 0 bridgehead atoms. The molecule has 1 N–H and O–H groups in total. The minimum atomic E-state index is -4.40. The highest BCUT2D eigenvalue weighted by molar-refractivity contribution is 14.1. The molecule has 0 amide bonds. The molecule has 0 saturated heterocycles. The molecule has 25 heavy (non-hydrogen) atoms. The van der Waals surface area contributed by atoms with E-state index in [9.17, 15) is 13.2 Å². The summed E-state index contributed by atoms with van der Waals surface area (Å²) >= 11 is 2.24. The Morgan fingerprint density at radius 3 is 2.48 bits per heavy atom. The van der Waals surface area contributed by atoms with Crippen LogP contribution in [0.2, 0.25) is 0 Å². The van der Waals surface area contributed by atoms with Crippen LogP contribution in [0, 0.1) is 3.57 Å². The first-order valence-corrected chi connectivity index (χ1v) is 8.27. The molecule has 0 aliphatic carbocycles. The van der Waals surface area contributed by atoms with Gasteiger partial charge in [-0.15, -0.1) is 0 Å². The van der Waals surface area contributed by atoms with E-state index in [1.807, 2.05) is 47.2 Å². The van der Waals surface area contributed by atoms with Gasteiger partial charge in [0.25, 0.3) is 0 Å². The van der Waals surface area contributed by atoms with Crippen LogP contribution in [0.15, 0.2) is 66.0 Å². The number of rotatable bonds is 4. The number of alkyl halides is 3. The van der Waals surface area contributed by atoms with Gasteiger partial charge in [0.15, 0.2) is 0 Å². The average molecular weight is 456 g/mol. The van der Waals surface area contributed by atoms with Gasteiger partial charge in [-0.25, -0.2) is 4.98 Å². The summed E-state index contributed by atoms with van der Waals surface area (Å²) < 4.78 is 40.6. The lowest BCUT2D eigenvalue weighted by Gasteiger charge is -2.07. The molecule has 4 nitrogen and oxygen atoms in total. The lowest BCUT2D eigenvalue weighted by molar-refractivity contribution is -0.137. The van der Waals surface area contributed by atoms with Gasteiger partial charge >= 0.3 is 6.18 Å². The van der Waals surface area contributed by atoms with Crippen LogP contribution in [0.25, 0.3) is 5.69 Å². The standard InChI is InChI=1S/C17H12F3IN4/c18-17(19,20)12-3-8-16(22-10-12)24-23-11-15-2-1-9-25(15)14-6-4-13(21)5-7-14/h1-11H,(H,22,24)/b23-11-. The Kier molecular flexibility index (Phi) is 5.07. The first-order chi connectivity index (χ1) is 11.9. The van der Waals surface area contributed by atoms with E-state index in [1.165, 1.54) is 6.07 Å². The van der Waals surface area contributed by atoms with Gasteiger partial charge in [-0.05, 0) is 71.1 Å². The maximum Gasteiger partial charge on any atom is 0.417 e. The fourth-order valence-corrected chi connectivity index (χ4v) is 2.49. The summed E-state index contributed by atoms with van der Waals surface area (Å²) in [5.74, 6) is 0.233. The number of halogens is 4. The second-order valence-corrected chi connectivity index (χ2v) is 6.32. The molecule has 0 radical (unpaired) electrons. The minimum Gasteiger partial charge on any atom is -0.316 e. The molecular formula is C17H12F3IN4. The van der Waals surface area contributed by atoms with Gasteiger partial charge in [0.1, 0.15) is 5.82 Å². The Labute approximate surface area is 155 Å². The Morgan fingerprint density at radius 2 is 1.84 bits per heavy atom. The highest BCUT2D eigenvalue weighted by Gasteiger charge is 2.30. The summed E-state index contributed by atoms with van der Waals surface area (Å²) in [6.07, 6.45) is -0.146. The molecule has 3 aromatic rings. The minimum absolute atomic E-state index is 0.233. The van der Waals surface area contributed by atoms with Gasteiger partial charge in [0, 0.05) is 21.7 Å². The Hall–Kier alpha value is -2.36. The van der Waals surface area contributed by atoms with Gasteiger partial charge < -0.3 is 4.57 Å². The smallest absolute Gasteiger partial charge is 0.316 e. The van der Waals surface area contributed by atoms with Crippen LogP contribution in [-0.2, 0) is 6.18 Å². The number of aromatic nitrogens is 2. The van der Waals surface area contributed by atoms with Gasteiger partial charge in [0.05, 0.1) is 17.5 Å². The molecule has 3 rings (SSSR count). The number of nitrogens with zero attached hydrogens (tertiary/aromatic N) is 3. The summed E-state index contributed by atoms with van der Waals surface area (Å²) in [5.41, 5.74) is 3.63. The lowest BCUT2D eigenvalue weighted by atomic mass is 10.3. The normalized spacial score (nSPS) is 11.8. The zero-order valence-electron chi connectivity index (χ0n) is 12.7. The first kappa shape index (κ1) is 17.5. The number of hydrogen-bond donors (Lipinski definition) is 1. The van der Waals surface area contributed by atoms with Crippen LogP contribution in [0.5, 0.6) is 0 Å². The van der Waals surface area contributed by atoms with E-state index in [1.54, 1.807) is 6.21 Å². The van der Waals surface area contributed by atoms with Crippen molar-refractivity contribution in [1.82, 2.24) is 9.55 Å². The van der Waals surface area contributed by atoms with Crippen molar-refractivity contribution in [2.45, 2.75) is 6.18 Å². The van der Waals surface area contributed by atoms with Crippen molar-refractivity contribution in [1.29, 1.82) is 0 Å². The van der Waals surface area contributed by atoms with Gasteiger partial charge in [-0.1, -0.05) is 0 Å². The molecular weight excluding hydrogens is 444 g/mol.